The number of hydrogen-bond acceptors (Lipinski definition) is 3. The average Bonchev–Trinajstić information content (AvgIpc) is 2.54. The number of para-hydroxylation sites is 1. The van der Waals surface area contributed by atoms with Gasteiger partial charge in [-0.15, -0.1) is 0 Å². The molecule has 22 heavy (non-hydrogen) atoms. The molecule has 1 amide bonds. The Morgan fingerprint density at radius 3 is 2.55 bits per heavy atom. The Labute approximate surface area is 129 Å². The van der Waals surface area contributed by atoms with Gasteiger partial charge < -0.3 is 5.32 Å². The minimum Gasteiger partial charge on any atom is -0.350 e. The number of carbonyl (C=O) groups excluding carboxylic acids is 1. The summed E-state index contributed by atoms with van der Waals surface area (Å²) in [5, 5.41) is 3.79. The smallest absolute Gasteiger partial charge is 0.252 e. The Morgan fingerprint density at radius 1 is 1.05 bits per heavy atom. The Bertz CT molecular complexity index is 813. The average molecular weight is 291 g/mol. The third kappa shape index (κ3) is 2.81. The van der Waals surface area contributed by atoms with Crippen molar-refractivity contribution in [2.75, 3.05) is 0 Å². The highest BCUT2D eigenvalue weighted by Crippen LogP contribution is 2.23. The molecule has 1 aromatic carbocycles. The van der Waals surface area contributed by atoms with E-state index in [-0.39, 0.29) is 11.9 Å². The number of rotatable bonds is 3. The van der Waals surface area contributed by atoms with Crippen LogP contribution in [0.5, 0.6) is 0 Å². The Balaban J connectivity index is 2.19. The number of hydrogen-bond donors (Lipinski definition) is 1. The first kappa shape index (κ1) is 14.2. The molecule has 2 aromatic heterocycles. The monoisotopic (exact) mass is 291 g/mol. The van der Waals surface area contributed by atoms with Gasteiger partial charge in [0.05, 0.1) is 22.5 Å². The van der Waals surface area contributed by atoms with Crippen LogP contribution in [-0.2, 0) is 0 Å². The van der Waals surface area contributed by atoms with Gasteiger partial charge >= 0.3 is 0 Å². The van der Waals surface area contributed by atoms with Crippen molar-refractivity contribution in [2.45, 2.75) is 19.9 Å². The van der Waals surface area contributed by atoms with Crippen LogP contribution in [0.15, 0.2) is 54.7 Å². The summed E-state index contributed by atoms with van der Waals surface area (Å²) < 4.78 is 0. The lowest BCUT2D eigenvalue weighted by Crippen LogP contribution is -2.30. The van der Waals surface area contributed by atoms with Crippen LogP contribution in [0, 0.1) is 0 Å². The molecular formula is C18H17N3O. The van der Waals surface area contributed by atoms with Crippen LogP contribution in [0.3, 0.4) is 0 Å². The molecule has 0 fully saturated rings. The Morgan fingerprint density at radius 2 is 1.82 bits per heavy atom. The van der Waals surface area contributed by atoms with Crippen molar-refractivity contribution >= 4 is 16.8 Å². The summed E-state index contributed by atoms with van der Waals surface area (Å²) in [5.74, 6) is -0.0919. The maximum atomic E-state index is 12.5. The number of carbonyl (C=O) groups is 1. The van der Waals surface area contributed by atoms with Gasteiger partial charge in [0.1, 0.15) is 0 Å². The predicted octanol–water partition coefficient (Wildman–Crippen LogP) is 3.44. The molecule has 0 saturated carbocycles. The van der Waals surface area contributed by atoms with Crippen LogP contribution in [0.2, 0.25) is 0 Å². The maximum absolute atomic E-state index is 12.5. The lowest BCUT2D eigenvalue weighted by Gasteiger charge is -2.12. The largest absolute Gasteiger partial charge is 0.350 e. The lowest BCUT2D eigenvalue weighted by molar-refractivity contribution is 0.0945. The van der Waals surface area contributed by atoms with Crippen molar-refractivity contribution < 1.29 is 4.79 Å². The van der Waals surface area contributed by atoms with Crippen molar-refractivity contribution in [1.82, 2.24) is 15.3 Å². The van der Waals surface area contributed by atoms with E-state index in [1.807, 2.05) is 62.4 Å². The fourth-order valence-electron chi connectivity index (χ4n) is 2.35. The fourth-order valence-corrected chi connectivity index (χ4v) is 2.35. The normalized spacial score (nSPS) is 10.9. The topological polar surface area (TPSA) is 54.9 Å². The van der Waals surface area contributed by atoms with E-state index in [1.165, 1.54) is 0 Å². The molecular weight excluding hydrogens is 274 g/mol. The van der Waals surface area contributed by atoms with E-state index in [4.69, 9.17) is 0 Å². The maximum Gasteiger partial charge on any atom is 0.252 e. The highest BCUT2D eigenvalue weighted by Gasteiger charge is 2.14. The number of fused-ring (bicyclic) bond motifs is 1. The first-order valence-electron chi connectivity index (χ1n) is 7.27. The van der Waals surface area contributed by atoms with Crippen LogP contribution >= 0.6 is 0 Å². The van der Waals surface area contributed by atoms with E-state index in [0.29, 0.717) is 11.3 Å². The molecule has 1 N–H and O–H groups in total. The molecule has 110 valence electrons. The van der Waals surface area contributed by atoms with E-state index in [1.54, 1.807) is 6.20 Å². The predicted molar refractivity (Wildman–Crippen MR) is 87.6 cm³/mol. The van der Waals surface area contributed by atoms with Crippen molar-refractivity contribution in [3.8, 4) is 11.4 Å². The van der Waals surface area contributed by atoms with Crippen molar-refractivity contribution in [3.63, 3.8) is 0 Å². The summed E-state index contributed by atoms with van der Waals surface area (Å²) in [6.45, 7) is 3.89. The standard InChI is InChI=1S/C18H17N3O/c1-12(2)20-18(22)14-11-17(16-9-5-6-10-19-16)21-15-8-4-3-7-13(14)15/h3-12H,1-2H3,(H,20,22). The molecule has 2 heterocycles. The molecule has 0 atom stereocenters. The number of aromatic nitrogens is 2. The molecule has 0 aliphatic heterocycles. The van der Waals surface area contributed by atoms with Gasteiger partial charge in [0, 0.05) is 17.6 Å². The molecule has 3 rings (SSSR count). The molecule has 0 radical (unpaired) electrons. The summed E-state index contributed by atoms with van der Waals surface area (Å²) >= 11 is 0. The van der Waals surface area contributed by atoms with Gasteiger partial charge in [0.15, 0.2) is 0 Å². The van der Waals surface area contributed by atoms with Crippen molar-refractivity contribution in [1.29, 1.82) is 0 Å². The van der Waals surface area contributed by atoms with Gasteiger partial charge in [-0.3, -0.25) is 9.78 Å². The third-order valence-corrected chi connectivity index (χ3v) is 3.31. The quantitative estimate of drug-likeness (QED) is 0.804. The van der Waals surface area contributed by atoms with Gasteiger partial charge in [0.25, 0.3) is 5.91 Å². The molecule has 0 spiro atoms. The van der Waals surface area contributed by atoms with Gasteiger partial charge in [0.2, 0.25) is 0 Å². The zero-order chi connectivity index (χ0) is 15.5. The highest BCUT2D eigenvalue weighted by atomic mass is 16.1. The van der Waals surface area contributed by atoms with Crippen LogP contribution in [-0.4, -0.2) is 21.9 Å². The summed E-state index contributed by atoms with van der Waals surface area (Å²) in [4.78, 5) is 21.4. The minimum atomic E-state index is -0.0919. The van der Waals surface area contributed by atoms with Crippen molar-refractivity contribution in [2.24, 2.45) is 0 Å². The molecule has 4 nitrogen and oxygen atoms in total. The molecule has 0 aliphatic carbocycles. The van der Waals surface area contributed by atoms with Gasteiger partial charge in [-0.2, -0.15) is 0 Å². The van der Waals surface area contributed by atoms with Gasteiger partial charge in [-0.1, -0.05) is 24.3 Å². The minimum absolute atomic E-state index is 0.0812. The second-order valence-corrected chi connectivity index (χ2v) is 5.42. The zero-order valence-corrected chi connectivity index (χ0v) is 12.6. The van der Waals surface area contributed by atoms with Gasteiger partial charge in [-0.05, 0) is 38.1 Å². The number of pyridine rings is 2. The molecule has 0 bridgehead atoms. The van der Waals surface area contributed by atoms with E-state index in [9.17, 15) is 4.79 Å². The van der Waals surface area contributed by atoms with Crippen LogP contribution < -0.4 is 5.32 Å². The molecule has 4 heteroatoms. The first-order chi connectivity index (χ1) is 10.6. The third-order valence-electron chi connectivity index (χ3n) is 3.31. The number of amides is 1. The van der Waals surface area contributed by atoms with Crippen LogP contribution in [0.25, 0.3) is 22.3 Å². The first-order valence-corrected chi connectivity index (χ1v) is 7.27. The molecule has 0 saturated heterocycles. The number of benzene rings is 1. The summed E-state index contributed by atoms with van der Waals surface area (Å²) in [6, 6.07) is 15.2. The van der Waals surface area contributed by atoms with Crippen LogP contribution in [0.1, 0.15) is 24.2 Å². The van der Waals surface area contributed by atoms with Gasteiger partial charge in [-0.25, -0.2) is 4.98 Å². The van der Waals surface area contributed by atoms with E-state index in [2.05, 4.69) is 15.3 Å². The summed E-state index contributed by atoms with van der Waals surface area (Å²) in [7, 11) is 0. The molecule has 0 unspecified atom stereocenters. The number of nitrogens with zero attached hydrogens (tertiary/aromatic N) is 2. The van der Waals surface area contributed by atoms with E-state index >= 15 is 0 Å². The Hall–Kier alpha value is -2.75. The second-order valence-electron chi connectivity index (χ2n) is 5.42. The zero-order valence-electron chi connectivity index (χ0n) is 12.6. The second kappa shape index (κ2) is 5.93. The van der Waals surface area contributed by atoms with E-state index < -0.39 is 0 Å². The Kier molecular flexibility index (Phi) is 3.83. The van der Waals surface area contributed by atoms with E-state index in [0.717, 1.165) is 16.6 Å². The van der Waals surface area contributed by atoms with Crippen molar-refractivity contribution in [3.05, 3.63) is 60.3 Å². The number of nitrogens with one attached hydrogen (secondary N) is 1. The molecule has 0 aliphatic rings. The summed E-state index contributed by atoms with van der Waals surface area (Å²) in [6.07, 6.45) is 1.72. The fraction of sp³-hybridized carbons (Fsp3) is 0.167. The SMILES string of the molecule is CC(C)NC(=O)c1cc(-c2ccccn2)nc2ccccc12. The summed E-state index contributed by atoms with van der Waals surface area (Å²) in [5.41, 5.74) is 2.87. The van der Waals surface area contributed by atoms with Crippen LogP contribution in [0.4, 0.5) is 0 Å². The lowest BCUT2D eigenvalue weighted by atomic mass is 10.1. The highest BCUT2D eigenvalue weighted by molar-refractivity contribution is 6.07. The molecule has 3 aromatic rings.